The molecule has 0 saturated heterocycles. The predicted molar refractivity (Wildman–Crippen MR) is 111 cm³/mol. The van der Waals surface area contributed by atoms with Crippen LogP contribution in [0.4, 0.5) is 4.39 Å². The number of rotatable bonds is 8. The third kappa shape index (κ3) is 5.53. The van der Waals surface area contributed by atoms with Crippen LogP contribution in [-0.2, 0) is 12.8 Å². The highest BCUT2D eigenvalue weighted by molar-refractivity contribution is 7.99. The molecule has 2 aromatic rings. The summed E-state index contributed by atoms with van der Waals surface area (Å²) in [4.78, 5) is 32.2. The van der Waals surface area contributed by atoms with E-state index in [0.717, 1.165) is 30.0 Å². The lowest BCUT2D eigenvalue weighted by molar-refractivity contribution is 0.102. The highest BCUT2D eigenvalue weighted by atomic mass is 32.2. The lowest BCUT2D eigenvalue weighted by Crippen LogP contribution is -2.19. The molecule has 6 heteroatoms. The van der Waals surface area contributed by atoms with Crippen molar-refractivity contribution in [3.63, 3.8) is 0 Å². The molecule has 1 aromatic carbocycles. The average Bonchev–Trinajstić information content (AvgIpc) is 2.71. The van der Waals surface area contributed by atoms with Crippen molar-refractivity contribution >= 4 is 17.5 Å². The molecule has 0 bridgehead atoms. The normalized spacial score (nSPS) is 14.9. The van der Waals surface area contributed by atoms with Crippen molar-refractivity contribution in [1.82, 2.24) is 9.97 Å². The summed E-state index contributed by atoms with van der Waals surface area (Å²) >= 11 is 1.23. The lowest BCUT2D eigenvalue weighted by Gasteiger charge is -2.21. The van der Waals surface area contributed by atoms with Gasteiger partial charge < -0.3 is 4.98 Å². The fourth-order valence-corrected chi connectivity index (χ4v) is 4.61. The summed E-state index contributed by atoms with van der Waals surface area (Å²) < 4.78 is 13.0. The SMILES string of the molecule is CCc1c(CCC2CCCCC2)nc(SCC(=O)c2ccc(F)cc2)[nH]c1=O. The minimum Gasteiger partial charge on any atom is -0.301 e. The van der Waals surface area contributed by atoms with Gasteiger partial charge in [0, 0.05) is 11.1 Å². The summed E-state index contributed by atoms with van der Waals surface area (Å²) in [5.74, 6) is 0.405. The van der Waals surface area contributed by atoms with Gasteiger partial charge in [0.25, 0.3) is 5.56 Å². The van der Waals surface area contributed by atoms with E-state index in [2.05, 4.69) is 9.97 Å². The number of nitrogens with one attached hydrogen (secondary N) is 1. The van der Waals surface area contributed by atoms with E-state index in [0.29, 0.717) is 17.1 Å². The quantitative estimate of drug-likeness (QED) is 0.385. The van der Waals surface area contributed by atoms with Gasteiger partial charge in [-0.05, 0) is 49.4 Å². The Labute approximate surface area is 169 Å². The zero-order valence-electron chi connectivity index (χ0n) is 16.3. The van der Waals surface area contributed by atoms with Crippen LogP contribution in [0.25, 0.3) is 0 Å². The molecule has 1 fully saturated rings. The summed E-state index contributed by atoms with van der Waals surface area (Å²) in [6.45, 7) is 1.97. The van der Waals surface area contributed by atoms with Crippen molar-refractivity contribution in [2.75, 3.05) is 5.75 Å². The first-order chi connectivity index (χ1) is 13.6. The van der Waals surface area contributed by atoms with Gasteiger partial charge in [-0.3, -0.25) is 9.59 Å². The van der Waals surface area contributed by atoms with Gasteiger partial charge in [-0.2, -0.15) is 0 Å². The number of ketones is 1. The number of halogens is 1. The monoisotopic (exact) mass is 402 g/mol. The number of carbonyl (C=O) groups is 1. The van der Waals surface area contributed by atoms with Crippen LogP contribution in [0.2, 0.25) is 0 Å². The number of nitrogens with zero attached hydrogens (tertiary/aromatic N) is 1. The second-order valence-electron chi connectivity index (χ2n) is 7.41. The third-order valence-electron chi connectivity index (χ3n) is 5.45. The Bertz CT molecular complexity index is 858. The Morgan fingerprint density at radius 3 is 2.61 bits per heavy atom. The first-order valence-corrected chi connectivity index (χ1v) is 11.1. The van der Waals surface area contributed by atoms with E-state index < -0.39 is 0 Å². The van der Waals surface area contributed by atoms with Gasteiger partial charge >= 0.3 is 0 Å². The van der Waals surface area contributed by atoms with Crippen molar-refractivity contribution in [2.24, 2.45) is 5.92 Å². The van der Waals surface area contributed by atoms with Gasteiger partial charge in [0.05, 0.1) is 11.4 Å². The van der Waals surface area contributed by atoms with Crippen LogP contribution in [-0.4, -0.2) is 21.5 Å². The molecule has 150 valence electrons. The number of carbonyl (C=O) groups excluding carboxylic acids is 1. The molecule has 0 amide bonds. The van der Waals surface area contributed by atoms with E-state index in [1.165, 1.54) is 68.1 Å². The molecule has 1 aliphatic rings. The Kier molecular flexibility index (Phi) is 7.43. The molecule has 0 atom stereocenters. The summed E-state index contributed by atoms with van der Waals surface area (Å²) in [6, 6.07) is 5.50. The maximum absolute atomic E-state index is 13.0. The number of hydrogen-bond donors (Lipinski definition) is 1. The summed E-state index contributed by atoms with van der Waals surface area (Å²) in [7, 11) is 0. The van der Waals surface area contributed by atoms with Crippen molar-refractivity contribution in [1.29, 1.82) is 0 Å². The van der Waals surface area contributed by atoms with Crippen molar-refractivity contribution in [2.45, 2.75) is 63.4 Å². The van der Waals surface area contributed by atoms with Crippen LogP contribution in [0.1, 0.15) is 67.1 Å². The molecule has 28 heavy (non-hydrogen) atoms. The van der Waals surface area contributed by atoms with Crippen LogP contribution in [0, 0.1) is 11.7 Å². The summed E-state index contributed by atoms with van der Waals surface area (Å²) in [6.07, 6.45) is 9.04. The van der Waals surface area contributed by atoms with Gasteiger partial charge in [-0.15, -0.1) is 0 Å². The highest BCUT2D eigenvalue weighted by Gasteiger charge is 2.17. The number of Topliss-reactive ketones (excluding diaryl/α,β-unsaturated/α-hetero) is 1. The molecule has 0 aliphatic heterocycles. The number of H-pyrrole nitrogens is 1. The molecule has 0 unspecified atom stereocenters. The van der Waals surface area contributed by atoms with Crippen molar-refractivity contribution in [3.8, 4) is 0 Å². The molecule has 0 radical (unpaired) electrons. The predicted octanol–water partition coefficient (Wildman–Crippen LogP) is 4.96. The highest BCUT2D eigenvalue weighted by Crippen LogP contribution is 2.28. The Balaban J connectivity index is 1.67. The Morgan fingerprint density at radius 2 is 1.93 bits per heavy atom. The smallest absolute Gasteiger partial charge is 0.254 e. The first kappa shape index (κ1) is 20.8. The zero-order valence-corrected chi connectivity index (χ0v) is 17.1. The first-order valence-electron chi connectivity index (χ1n) is 10.1. The molecule has 1 heterocycles. The van der Waals surface area contributed by atoms with Gasteiger partial charge in [0.1, 0.15) is 5.82 Å². The molecule has 4 nitrogen and oxygen atoms in total. The largest absolute Gasteiger partial charge is 0.301 e. The molecule has 1 aromatic heterocycles. The molecule has 1 aliphatic carbocycles. The maximum Gasteiger partial charge on any atom is 0.254 e. The fraction of sp³-hybridized carbons (Fsp3) is 0.500. The fourth-order valence-electron chi connectivity index (χ4n) is 3.83. The average molecular weight is 403 g/mol. The van der Waals surface area contributed by atoms with Crippen LogP contribution in [0.15, 0.2) is 34.2 Å². The molecule has 0 spiro atoms. The minimum atomic E-state index is -0.368. The van der Waals surface area contributed by atoms with Gasteiger partial charge in [0.2, 0.25) is 0 Å². The van der Waals surface area contributed by atoms with Gasteiger partial charge in [0.15, 0.2) is 10.9 Å². The molecular formula is C22H27FN2O2S. The zero-order chi connectivity index (χ0) is 19.9. The van der Waals surface area contributed by atoms with Gasteiger partial charge in [-0.25, -0.2) is 9.37 Å². The lowest BCUT2D eigenvalue weighted by atomic mass is 9.85. The van der Waals surface area contributed by atoms with E-state index in [1.807, 2.05) is 6.92 Å². The van der Waals surface area contributed by atoms with Crippen LogP contribution < -0.4 is 5.56 Å². The van der Waals surface area contributed by atoms with E-state index in [9.17, 15) is 14.0 Å². The van der Waals surface area contributed by atoms with E-state index in [-0.39, 0.29) is 22.9 Å². The number of aromatic nitrogens is 2. The van der Waals surface area contributed by atoms with E-state index in [1.54, 1.807) is 0 Å². The van der Waals surface area contributed by atoms with Crippen LogP contribution >= 0.6 is 11.8 Å². The standard InChI is InChI=1S/C22H27FN2O2S/c1-2-18-19(13-8-15-6-4-3-5-7-15)24-22(25-21(18)27)28-14-20(26)16-9-11-17(23)12-10-16/h9-12,15H,2-8,13-14H2,1H3,(H,24,25,27). The van der Waals surface area contributed by atoms with Gasteiger partial charge in [-0.1, -0.05) is 50.8 Å². The molecular weight excluding hydrogens is 375 g/mol. The van der Waals surface area contributed by atoms with Crippen molar-refractivity contribution < 1.29 is 9.18 Å². The van der Waals surface area contributed by atoms with Crippen LogP contribution in [0.5, 0.6) is 0 Å². The maximum atomic E-state index is 13.0. The number of aromatic amines is 1. The topological polar surface area (TPSA) is 62.8 Å². The van der Waals surface area contributed by atoms with E-state index in [4.69, 9.17) is 0 Å². The third-order valence-corrected chi connectivity index (χ3v) is 6.33. The molecule has 1 N–H and O–H groups in total. The van der Waals surface area contributed by atoms with E-state index >= 15 is 0 Å². The molecule has 3 rings (SSSR count). The summed E-state index contributed by atoms with van der Waals surface area (Å²) in [5, 5.41) is 0.483. The number of hydrogen-bond acceptors (Lipinski definition) is 4. The number of aryl methyl sites for hydroxylation is 1. The number of thioether (sulfide) groups is 1. The Hall–Kier alpha value is -1.95. The Morgan fingerprint density at radius 1 is 1.21 bits per heavy atom. The number of benzene rings is 1. The second-order valence-corrected chi connectivity index (χ2v) is 8.38. The van der Waals surface area contributed by atoms with Crippen LogP contribution in [0.3, 0.4) is 0 Å². The second kappa shape index (κ2) is 10.0. The van der Waals surface area contributed by atoms with Crippen molar-refractivity contribution in [3.05, 3.63) is 57.3 Å². The molecule has 1 saturated carbocycles. The minimum absolute atomic E-state index is 0.104. The summed E-state index contributed by atoms with van der Waals surface area (Å²) in [5.41, 5.74) is 1.98.